The van der Waals surface area contributed by atoms with Crippen molar-refractivity contribution in [2.45, 2.75) is 6.54 Å². The number of fused-ring (bicyclic) bond motifs is 2. The van der Waals surface area contributed by atoms with E-state index in [1.807, 2.05) is 42.5 Å². The van der Waals surface area contributed by atoms with E-state index in [2.05, 4.69) is 10.3 Å². The van der Waals surface area contributed by atoms with E-state index in [9.17, 15) is 4.79 Å². The van der Waals surface area contributed by atoms with E-state index in [0.29, 0.717) is 23.7 Å². The van der Waals surface area contributed by atoms with Crippen molar-refractivity contribution in [3.05, 3.63) is 59.8 Å². The van der Waals surface area contributed by atoms with Gasteiger partial charge in [-0.05, 0) is 29.8 Å². The summed E-state index contributed by atoms with van der Waals surface area (Å²) in [6, 6.07) is 14.8. The Hall–Kier alpha value is -3.28. The average Bonchev–Trinajstić information content (AvgIpc) is 3.13. The molecule has 0 aliphatic carbocycles. The Labute approximate surface area is 144 Å². The molecule has 1 N–H and O–H groups in total. The second kappa shape index (κ2) is 6.32. The molecule has 6 nitrogen and oxygen atoms in total. The lowest BCUT2D eigenvalue weighted by atomic mass is 10.1. The Morgan fingerprint density at radius 3 is 2.88 bits per heavy atom. The van der Waals surface area contributed by atoms with Crippen LogP contribution >= 0.6 is 0 Å². The number of amides is 1. The molecule has 0 radical (unpaired) electrons. The van der Waals surface area contributed by atoms with Gasteiger partial charge < -0.3 is 19.5 Å². The van der Waals surface area contributed by atoms with Crippen LogP contribution in [-0.2, 0) is 6.54 Å². The minimum Gasteiger partial charge on any atom is -0.496 e. The molecule has 2 aromatic carbocycles. The van der Waals surface area contributed by atoms with Crippen molar-refractivity contribution in [2.75, 3.05) is 13.9 Å². The van der Waals surface area contributed by atoms with Gasteiger partial charge in [-0.1, -0.05) is 18.2 Å². The Morgan fingerprint density at radius 2 is 2.00 bits per heavy atom. The Morgan fingerprint density at radius 1 is 1.16 bits per heavy atom. The predicted octanol–water partition coefficient (Wildman–Crippen LogP) is 2.90. The smallest absolute Gasteiger partial charge is 0.270 e. The van der Waals surface area contributed by atoms with E-state index < -0.39 is 0 Å². The number of carbonyl (C=O) groups is 1. The number of nitrogens with one attached hydrogen (secondary N) is 1. The summed E-state index contributed by atoms with van der Waals surface area (Å²) in [6.07, 6.45) is 0. The average molecular weight is 336 g/mol. The maximum Gasteiger partial charge on any atom is 0.270 e. The van der Waals surface area contributed by atoms with Crippen molar-refractivity contribution in [3.63, 3.8) is 0 Å². The van der Waals surface area contributed by atoms with Crippen molar-refractivity contribution >= 4 is 16.8 Å². The summed E-state index contributed by atoms with van der Waals surface area (Å²) in [5, 5.41) is 3.74. The molecule has 1 amide bonds. The highest BCUT2D eigenvalue weighted by Crippen LogP contribution is 2.32. The first kappa shape index (κ1) is 15.3. The van der Waals surface area contributed by atoms with E-state index in [-0.39, 0.29) is 12.7 Å². The Bertz CT molecular complexity index is 955. The van der Waals surface area contributed by atoms with Crippen LogP contribution in [0.5, 0.6) is 17.2 Å². The van der Waals surface area contributed by atoms with Crippen LogP contribution in [-0.4, -0.2) is 24.8 Å². The third kappa shape index (κ3) is 2.94. The quantitative estimate of drug-likeness (QED) is 0.793. The number of hydrogen-bond donors (Lipinski definition) is 1. The van der Waals surface area contributed by atoms with Gasteiger partial charge in [-0.3, -0.25) is 4.79 Å². The van der Waals surface area contributed by atoms with E-state index in [4.69, 9.17) is 14.2 Å². The van der Waals surface area contributed by atoms with Crippen LogP contribution in [0.3, 0.4) is 0 Å². The number of ether oxygens (including phenoxy) is 3. The van der Waals surface area contributed by atoms with E-state index >= 15 is 0 Å². The molecule has 2 heterocycles. The molecule has 1 aromatic heterocycles. The first-order valence-electron chi connectivity index (χ1n) is 7.85. The SMILES string of the molecule is COc1cc(C(=O)NCc2ccc3c(c2)OCO3)nc2ccccc12. The van der Waals surface area contributed by atoms with Crippen molar-refractivity contribution < 1.29 is 19.0 Å². The fraction of sp³-hybridized carbons (Fsp3) is 0.158. The number of nitrogens with zero attached hydrogens (tertiary/aromatic N) is 1. The molecule has 1 aliphatic heterocycles. The molecular formula is C19H16N2O4. The van der Waals surface area contributed by atoms with Crippen LogP contribution in [0.25, 0.3) is 10.9 Å². The van der Waals surface area contributed by atoms with E-state index in [1.54, 1.807) is 13.2 Å². The van der Waals surface area contributed by atoms with Gasteiger partial charge in [-0.15, -0.1) is 0 Å². The minimum atomic E-state index is -0.262. The molecule has 4 rings (SSSR count). The molecule has 1 aliphatic rings. The molecule has 0 fully saturated rings. The van der Waals surface area contributed by atoms with Gasteiger partial charge in [-0.25, -0.2) is 4.98 Å². The number of aromatic nitrogens is 1. The summed E-state index contributed by atoms with van der Waals surface area (Å²) in [4.78, 5) is 16.9. The predicted molar refractivity (Wildman–Crippen MR) is 92.0 cm³/mol. The molecule has 0 saturated heterocycles. The van der Waals surface area contributed by atoms with Gasteiger partial charge in [0.15, 0.2) is 11.5 Å². The van der Waals surface area contributed by atoms with E-state index in [1.165, 1.54) is 0 Å². The first-order valence-corrected chi connectivity index (χ1v) is 7.85. The number of methoxy groups -OCH3 is 1. The minimum absolute atomic E-state index is 0.228. The van der Waals surface area contributed by atoms with Crippen LogP contribution in [0.2, 0.25) is 0 Å². The zero-order valence-electron chi connectivity index (χ0n) is 13.6. The normalized spacial score (nSPS) is 12.2. The zero-order chi connectivity index (χ0) is 17.2. The van der Waals surface area contributed by atoms with Gasteiger partial charge in [0.2, 0.25) is 6.79 Å². The lowest BCUT2D eigenvalue weighted by Gasteiger charge is -2.09. The molecule has 25 heavy (non-hydrogen) atoms. The monoisotopic (exact) mass is 336 g/mol. The summed E-state index contributed by atoms with van der Waals surface area (Å²) in [6.45, 7) is 0.595. The maximum absolute atomic E-state index is 12.5. The van der Waals surface area contributed by atoms with Gasteiger partial charge in [0.25, 0.3) is 5.91 Å². The first-order chi connectivity index (χ1) is 12.2. The van der Waals surface area contributed by atoms with Gasteiger partial charge in [0.1, 0.15) is 11.4 Å². The van der Waals surface area contributed by atoms with Gasteiger partial charge in [-0.2, -0.15) is 0 Å². The molecular weight excluding hydrogens is 320 g/mol. The fourth-order valence-electron chi connectivity index (χ4n) is 2.75. The highest BCUT2D eigenvalue weighted by Gasteiger charge is 2.15. The standard InChI is InChI=1S/C19H16N2O4/c1-23-17-9-15(21-14-5-3-2-4-13(14)17)19(22)20-10-12-6-7-16-18(8-12)25-11-24-16/h2-9H,10-11H2,1H3,(H,20,22). The lowest BCUT2D eigenvalue weighted by molar-refractivity contribution is 0.0946. The molecule has 126 valence electrons. The van der Waals surface area contributed by atoms with Crippen LogP contribution < -0.4 is 19.5 Å². The van der Waals surface area contributed by atoms with Crippen LogP contribution in [0.4, 0.5) is 0 Å². The summed E-state index contributed by atoms with van der Waals surface area (Å²) in [5.74, 6) is 1.77. The second-order valence-corrected chi connectivity index (χ2v) is 5.60. The van der Waals surface area contributed by atoms with Crippen molar-refractivity contribution in [1.29, 1.82) is 0 Å². The second-order valence-electron chi connectivity index (χ2n) is 5.60. The molecule has 0 spiro atoms. The lowest BCUT2D eigenvalue weighted by Crippen LogP contribution is -2.23. The number of hydrogen-bond acceptors (Lipinski definition) is 5. The number of benzene rings is 2. The largest absolute Gasteiger partial charge is 0.496 e. The van der Waals surface area contributed by atoms with Crippen molar-refractivity contribution in [2.24, 2.45) is 0 Å². The highest BCUT2D eigenvalue weighted by molar-refractivity contribution is 5.97. The van der Waals surface area contributed by atoms with Gasteiger partial charge in [0, 0.05) is 18.0 Å². The fourth-order valence-corrected chi connectivity index (χ4v) is 2.75. The Kier molecular flexibility index (Phi) is 3.85. The Balaban J connectivity index is 1.54. The number of pyridine rings is 1. The summed E-state index contributed by atoms with van der Waals surface area (Å²) < 4.78 is 16.0. The van der Waals surface area contributed by atoms with E-state index in [0.717, 1.165) is 22.2 Å². The molecule has 0 unspecified atom stereocenters. The number of rotatable bonds is 4. The number of para-hydroxylation sites is 1. The molecule has 0 atom stereocenters. The third-order valence-corrected chi connectivity index (χ3v) is 4.02. The molecule has 6 heteroatoms. The van der Waals surface area contributed by atoms with Crippen LogP contribution in [0.1, 0.15) is 16.1 Å². The highest BCUT2D eigenvalue weighted by atomic mass is 16.7. The molecule has 0 saturated carbocycles. The zero-order valence-corrected chi connectivity index (χ0v) is 13.6. The molecule has 3 aromatic rings. The summed E-state index contributed by atoms with van der Waals surface area (Å²) in [7, 11) is 1.58. The summed E-state index contributed by atoms with van der Waals surface area (Å²) in [5.41, 5.74) is 1.96. The third-order valence-electron chi connectivity index (χ3n) is 4.02. The topological polar surface area (TPSA) is 69.7 Å². The van der Waals surface area contributed by atoms with Crippen LogP contribution in [0.15, 0.2) is 48.5 Å². The van der Waals surface area contributed by atoms with Crippen molar-refractivity contribution in [3.8, 4) is 17.2 Å². The summed E-state index contributed by atoms with van der Waals surface area (Å²) >= 11 is 0. The van der Waals surface area contributed by atoms with Gasteiger partial charge >= 0.3 is 0 Å². The number of carbonyl (C=O) groups excluding carboxylic acids is 1. The van der Waals surface area contributed by atoms with Crippen molar-refractivity contribution in [1.82, 2.24) is 10.3 Å². The maximum atomic E-state index is 12.5. The van der Waals surface area contributed by atoms with Gasteiger partial charge in [0.05, 0.1) is 12.6 Å². The van der Waals surface area contributed by atoms with Crippen LogP contribution in [0, 0.1) is 0 Å². The molecule has 0 bridgehead atoms.